The van der Waals surface area contributed by atoms with E-state index < -0.39 is 11.8 Å². The highest BCUT2D eigenvalue weighted by molar-refractivity contribution is 6.21. The van der Waals surface area contributed by atoms with E-state index in [2.05, 4.69) is 5.32 Å². The number of amides is 2. The van der Waals surface area contributed by atoms with Crippen molar-refractivity contribution in [3.8, 4) is 6.07 Å². The van der Waals surface area contributed by atoms with E-state index in [4.69, 9.17) is 5.73 Å². The number of hydrogen-bond donors (Lipinski definition) is 2. The van der Waals surface area contributed by atoms with E-state index >= 15 is 0 Å². The lowest BCUT2D eigenvalue weighted by atomic mass is 10.2. The average Bonchev–Trinajstić information content (AvgIpc) is 2.57. The van der Waals surface area contributed by atoms with Crippen LogP contribution >= 0.6 is 0 Å². The predicted octanol–water partition coefficient (Wildman–Crippen LogP) is 2.98. The van der Waals surface area contributed by atoms with Crippen LogP contribution in [0.1, 0.15) is 12.5 Å². The first kappa shape index (κ1) is 17.8. The van der Waals surface area contributed by atoms with Crippen molar-refractivity contribution in [3.05, 3.63) is 65.9 Å². The van der Waals surface area contributed by atoms with Gasteiger partial charge in [-0.05, 0) is 48.9 Å². The molecule has 0 spiro atoms. The van der Waals surface area contributed by atoms with Crippen molar-refractivity contribution in [1.82, 2.24) is 0 Å². The van der Waals surface area contributed by atoms with Gasteiger partial charge in [0.25, 0.3) is 5.91 Å². The Morgan fingerprint density at radius 3 is 2.44 bits per heavy atom. The van der Waals surface area contributed by atoms with E-state index in [0.29, 0.717) is 11.4 Å². The Balaban J connectivity index is 2.29. The molecular formula is C19H18N4O2. The fraction of sp³-hybridized carbons (Fsp3) is 0.105. The van der Waals surface area contributed by atoms with Crippen LogP contribution in [-0.4, -0.2) is 11.8 Å². The van der Waals surface area contributed by atoms with Gasteiger partial charge in [0.2, 0.25) is 5.91 Å². The van der Waals surface area contributed by atoms with Gasteiger partial charge in [0.05, 0.1) is 5.69 Å². The lowest BCUT2D eigenvalue weighted by molar-refractivity contribution is -0.123. The normalized spacial score (nSPS) is 10.7. The van der Waals surface area contributed by atoms with E-state index in [1.165, 1.54) is 13.1 Å². The molecular weight excluding hydrogens is 316 g/mol. The summed E-state index contributed by atoms with van der Waals surface area (Å²) in [7, 11) is 0. The number of nitrogen functional groups attached to an aromatic ring is 1. The van der Waals surface area contributed by atoms with Gasteiger partial charge >= 0.3 is 0 Å². The minimum absolute atomic E-state index is 0.187. The maximum atomic E-state index is 12.6. The number of nitrogens with one attached hydrogen (secondary N) is 1. The van der Waals surface area contributed by atoms with Crippen LogP contribution in [0.25, 0.3) is 0 Å². The Morgan fingerprint density at radius 2 is 1.88 bits per heavy atom. The molecule has 0 aliphatic rings. The van der Waals surface area contributed by atoms with E-state index in [1.807, 2.05) is 37.3 Å². The standard InChI is InChI=1S/C19H18N4O2/c1-13-4-3-5-17(10-13)22-12-15(11-20)19(25)23(14(2)24)18-8-6-16(21)7-9-18/h3-10,12,22H,21H2,1-2H3/b15-12-. The zero-order valence-corrected chi connectivity index (χ0v) is 14.0. The molecule has 0 fully saturated rings. The molecule has 6 nitrogen and oxygen atoms in total. The van der Waals surface area contributed by atoms with Crippen LogP contribution in [0, 0.1) is 18.3 Å². The zero-order valence-electron chi connectivity index (χ0n) is 14.0. The van der Waals surface area contributed by atoms with Gasteiger partial charge in [-0.3, -0.25) is 9.59 Å². The van der Waals surface area contributed by atoms with Gasteiger partial charge in [0.15, 0.2) is 0 Å². The van der Waals surface area contributed by atoms with Crippen LogP contribution in [0.5, 0.6) is 0 Å². The SMILES string of the molecule is CC(=O)N(C(=O)/C(C#N)=C\Nc1cccc(C)c1)c1ccc(N)cc1. The van der Waals surface area contributed by atoms with E-state index in [9.17, 15) is 14.9 Å². The van der Waals surface area contributed by atoms with E-state index in [-0.39, 0.29) is 5.57 Å². The number of rotatable bonds is 4. The van der Waals surface area contributed by atoms with E-state index in [0.717, 1.165) is 16.2 Å². The third-order valence-electron chi connectivity index (χ3n) is 3.42. The molecule has 0 unspecified atom stereocenters. The zero-order chi connectivity index (χ0) is 18.4. The summed E-state index contributed by atoms with van der Waals surface area (Å²) in [5.74, 6) is -1.20. The molecule has 0 saturated carbocycles. The van der Waals surface area contributed by atoms with Crippen LogP contribution in [0.15, 0.2) is 60.3 Å². The highest BCUT2D eigenvalue weighted by Crippen LogP contribution is 2.19. The molecule has 0 aliphatic carbocycles. The van der Waals surface area contributed by atoms with Crippen LogP contribution in [-0.2, 0) is 9.59 Å². The first-order valence-corrected chi connectivity index (χ1v) is 7.56. The molecule has 3 N–H and O–H groups in total. The lowest BCUT2D eigenvalue weighted by Crippen LogP contribution is -2.36. The Hall–Kier alpha value is -3.59. The Bertz CT molecular complexity index is 864. The summed E-state index contributed by atoms with van der Waals surface area (Å²) in [5.41, 5.74) is 8.08. The molecule has 0 bridgehead atoms. The predicted molar refractivity (Wildman–Crippen MR) is 97.5 cm³/mol. The highest BCUT2D eigenvalue weighted by atomic mass is 16.2. The Labute approximate surface area is 146 Å². The molecule has 2 amide bonds. The first-order chi connectivity index (χ1) is 11.9. The fourth-order valence-electron chi connectivity index (χ4n) is 2.22. The van der Waals surface area contributed by atoms with Crippen LogP contribution in [0.3, 0.4) is 0 Å². The summed E-state index contributed by atoms with van der Waals surface area (Å²) in [6, 6.07) is 15.6. The second kappa shape index (κ2) is 7.79. The number of anilines is 3. The largest absolute Gasteiger partial charge is 0.399 e. The first-order valence-electron chi connectivity index (χ1n) is 7.56. The van der Waals surface area contributed by atoms with Gasteiger partial charge in [-0.15, -0.1) is 0 Å². The van der Waals surface area contributed by atoms with Gasteiger partial charge in [0, 0.05) is 24.5 Å². The number of carbonyl (C=O) groups is 2. The number of hydrogen-bond acceptors (Lipinski definition) is 5. The van der Waals surface area contributed by atoms with Crippen molar-refractivity contribution in [2.75, 3.05) is 16.0 Å². The molecule has 0 atom stereocenters. The smallest absolute Gasteiger partial charge is 0.277 e. The molecule has 0 aromatic heterocycles. The second-order valence-corrected chi connectivity index (χ2v) is 5.43. The third-order valence-corrected chi connectivity index (χ3v) is 3.42. The summed E-state index contributed by atoms with van der Waals surface area (Å²) in [5, 5.41) is 12.2. The molecule has 126 valence electrons. The summed E-state index contributed by atoms with van der Waals surface area (Å²) < 4.78 is 0. The fourth-order valence-corrected chi connectivity index (χ4v) is 2.22. The molecule has 2 rings (SSSR count). The molecule has 0 aliphatic heterocycles. The van der Waals surface area contributed by atoms with Gasteiger partial charge < -0.3 is 11.1 Å². The van der Waals surface area contributed by atoms with Crippen LogP contribution < -0.4 is 16.0 Å². The number of nitriles is 1. The molecule has 0 radical (unpaired) electrons. The van der Waals surface area contributed by atoms with Gasteiger partial charge in [-0.25, -0.2) is 4.90 Å². The topological polar surface area (TPSA) is 99.2 Å². The molecule has 2 aromatic carbocycles. The minimum Gasteiger partial charge on any atom is -0.399 e. The number of carbonyl (C=O) groups excluding carboxylic acids is 2. The van der Waals surface area contributed by atoms with Crippen molar-refractivity contribution in [1.29, 1.82) is 5.26 Å². The molecule has 0 heterocycles. The van der Waals surface area contributed by atoms with Gasteiger partial charge in [0.1, 0.15) is 11.6 Å². The maximum Gasteiger partial charge on any atom is 0.277 e. The average molecular weight is 334 g/mol. The summed E-state index contributed by atoms with van der Waals surface area (Å²) >= 11 is 0. The quantitative estimate of drug-likeness (QED) is 0.509. The number of aryl methyl sites for hydroxylation is 1. The van der Waals surface area contributed by atoms with Crippen molar-refractivity contribution in [3.63, 3.8) is 0 Å². The summed E-state index contributed by atoms with van der Waals surface area (Å²) in [4.78, 5) is 25.5. The molecule has 0 saturated heterocycles. The monoisotopic (exact) mass is 334 g/mol. The van der Waals surface area contributed by atoms with Gasteiger partial charge in [-0.2, -0.15) is 5.26 Å². The molecule has 25 heavy (non-hydrogen) atoms. The summed E-state index contributed by atoms with van der Waals surface area (Å²) in [6.45, 7) is 3.20. The van der Waals surface area contributed by atoms with Crippen LogP contribution in [0.2, 0.25) is 0 Å². The van der Waals surface area contributed by atoms with Crippen molar-refractivity contribution in [2.24, 2.45) is 0 Å². The Kier molecular flexibility index (Phi) is 5.54. The van der Waals surface area contributed by atoms with E-state index in [1.54, 1.807) is 24.3 Å². The number of nitrogens with zero attached hydrogens (tertiary/aromatic N) is 2. The second-order valence-electron chi connectivity index (χ2n) is 5.43. The third kappa shape index (κ3) is 4.45. The number of imide groups is 1. The number of nitrogens with two attached hydrogens (primary N) is 1. The lowest BCUT2D eigenvalue weighted by Gasteiger charge is -2.19. The maximum absolute atomic E-state index is 12.6. The highest BCUT2D eigenvalue weighted by Gasteiger charge is 2.23. The molecule has 6 heteroatoms. The minimum atomic E-state index is -0.708. The van der Waals surface area contributed by atoms with Crippen molar-refractivity contribution in [2.45, 2.75) is 13.8 Å². The summed E-state index contributed by atoms with van der Waals surface area (Å²) in [6.07, 6.45) is 1.30. The Morgan fingerprint density at radius 1 is 1.20 bits per heavy atom. The van der Waals surface area contributed by atoms with Crippen LogP contribution in [0.4, 0.5) is 17.1 Å². The van der Waals surface area contributed by atoms with Crippen molar-refractivity contribution < 1.29 is 9.59 Å². The number of benzene rings is 2. The van der Waals surface area contributed by atoms with Crippen molar-refractivity contribution >= 4 is 28.9 Å². The van der Waals surface area contributed by atoms with Gasteiger partial charge in [-0.1, -0.05) is 12.1 Å². The molecule has 2 aromatic rings.